The maximum atomic E-state index is 11.7. The second-order valence-corrected chi connectivity index (χ2v) is 5.24. The van der Waals surface area contributed by atoms with Crippen LogP contribution in [0.2, 0.25) is 0 Å². The minimum Gasteiger partial charge on any atom is -0.368 e. The van der Waals surface area contributed by atoms with Crippen molar-refractivity contribution >= 4 is 16.8 Å². The number of para-hydroxylation sites is 1. The molecule has 5 heteroatoms. The molecule has 1 heterocycles. The lowest BCUT2D eigenvalue weighted by molar-refractivity contribution is -0.124. The minimum atomic E-state index is -0.586. The Morgan fingerprint density at radius 3 is 3.00 bits per heavy atom. The van der Waals surface area contributed by atoms with E-state index in [1.54, 1.807) is 7.05 Å². The van der Waals surface area contributed by atoms with Crippen molar-refractivity contribution in [2.24, 2.45) is 5.73 Å². The van der Waals surface area contributed by atoms with E-state index in [1.807, 2.05) is 29.1 Å². The van der Waals surface area contributed by atoms with Crippen molar-refractivity contribution in [3.05, 3.63) is 30.5 Å². The predicted octanol–water partition coefficient (Wildman–Crippen LogP) is 1.20. The molecule has 0 bridgehead atoms. The Labute approximate surface area is 111 Å². The normalized spacial score (nSPS) is 26.9. The Balaban J connectivity index is 1.95. The van der Waals surface area contributed by atoms with E-state index in [0.29, 0.717) is 6.42 Å². The summed E-state index contributed by atoms with van der Waals surface area (Å²) in [7, 11) is 1.80. The van der Waals surface area contributed by atoms with Crippen molar-refractivity contribution < 1.29 is 4.79 Å². The van der Waals surface area contributed by atoms with E-state index >= 15 is 0 Å². The quantitative estimate of drug-likeness (QED) is 0.869. The number of carbonyl (C=O) groups is 1. The summed E-state index contributed by atoms with van der Waals surface area (Å²) in [6, 6.07) is 8.35. The van der Waals surface area contributed by atoms with Gasteiger partial charge < -0.3 is 11.1 Å². The van der Waals surface area contributed by atoms with E-state index in [0.717, 1.165) is 23.7 Å². The Bertz CT molecular complexity index is 621. The number of nitrogens with one attached hydrogen (secondary N) is 1. The second-order valence-electron chi connectivity index (χ2n) is 5.24. The molecule has 1 saturated carbocycles. The molecule has 1 aromatic carbocycles. The summed E-state index contributed by atoms with van der Waals surface area (Å²) in [6.07, 6.45) is 4.25. The summed E-state index contributed by atoms with van der Waals surface area (Å²) < 4.78 is 2.03. The highest BCUT2D eigenvalue weighted by Gasteiger charge is 2.43. The fourth-order valence-electron chi connectivity index (χ4n) is 3.09. The SMILES string of the molecule is CNC1(C(N)=O)CCC(n2ncc3ccccc32)C1. The number of aromatic nitrogens is 2. The Morgan fingerprint density at radius 2 is 2.32 bits per heavy atom. The second kappa shape index (κ2) is 4.35. The van der Waals surface area contributed by atoms with Gasteiger partial charge in [0.2, 0.25) is 5.91 Å². The monoisotopic (exact) mass is 258 g/mol. The minimum absolute atomic E-state index is 0.222. The van der Waals surface area contributed by atoms with Crippen LogP contribution in [-0.2, 0) is 4.79 Å². The zero-order chi connectivity index (χ0) is 13.5. The van der Waals surface area contributed by atoms with Crippen molar-refractivity contribution in [2.45, 2.75) is 30.8 Å². The van der Waals surface area contributed by atoms with Gasteiger partial charge in [0.25, 0.3) is 0 Å². The summed E-state index contributed by atoms with van der Waals surface area (Å²) in [5.74, 6) is -0.269. The number of hydrogen-bond acceptors (Lipinski definition) is 3. The molecule has 19 heavy (non-hydrogen) atoms. The molecule has 5 nitrogen and oxygen atoms in total. The summed E-state index contributed by atoms with van der Waals surface area (Å²) in [5, 5.41) is 8.70. The highest BCUT2D eigenvalue weighted by molar-refractivity contribution is 5.85. The van der Waals surface area contributed by atoms with Crippen LogP contribution < -0.4 is 11.1 Å². The molecule has 0 aliphatic heterocycles. The number of nitrogens with zero attached hydrogens (tertiary/aromatic N) is 2. The average molecular weight is 258 g/mol. The van der Waals surface area contributed by atoms with Crippen LogP contribution in [0.25, 0.3) is 10.9 Å². The van der Waals surface area contributed by atoms with Crippen LogP contribution in [0, 0.1) is 0 Å². The number of likely N-dealkylation sites (N-methyl/N-ethyl adjacent to an activating group) is 1. The molecule has 3 N–H and O–H groups in total. The third-order valence-electron chi connectivity index (χ3n) is 4.29. The van der Waals surface area contributed by atoms with Gasteiger partial charge in [-0.15, -0.1) is 0 Å². The van der Waals surface area contributed by atoms with Gasteiger partial charge in [-0.3, -0.25) is 9.48 Å². The largest absolute Gasteiger partial charge is 0.368 e. The fraction of sp³-hybridized carbons (Fsp3) is 0.429. The first-order valence-electron chi connectivity index (χ1n) is 6.57. The number of rotatable bonds is 3. The first-order chi connectivity index (χ1) is 9.16. The van der Waals surface area contributed by atoms with Gasteiger partial charge >= 0.3 is 0 Å². The zero-order valence-electron chi connectivity index (χ0n) is 11.0. The number of hydrogen-bond donors (Lipinski definition) is 2. The highest BCUT2D eigenvalue weighted by atomic mass is 16.1. The summed E-state index contributed by atoms with van der Waals surface area (Å²) in [6.45, 7) is 0. The molecule has 1 aliphatic carbocycles. The Kier molecular flexibility index (Phi) is 2.78. The van der Waals surface area contributed by atoms with E-state index in [2.05, 4.69) is 16.5 Å². The molecule has 2 unspecified atom stereocenters. The maximum Gasteiger partial charge on any atom is 0.237 e. The molecule has 3 rings (SSSR count). The van der Waals surface area contributed by atoms with Crippen LogP contribution in [0.4, 0.5) is 0 Å². The maximum absolute atomic E-state index is 11.7. The van der Waals surface area contributed by atoms with E-state index in [9.17, 15) is 4.79 Å². The molecule has 0 saturated heterocycles. The lowest BCUT2D eigenvalue weighted by atomic mass is 9.97. The van der Waals surface area contributed by atoms with Crippen LogP contribution in [0.5, 0.6) is 0 Å². The first-order valence-corrected chi connectivity index (χ1v) is 6.57. The van der Waals surface area contributed by atoms with Crippen LogP contribution in [0.3, 0.4) is 0 Å². The number of amides is 1. The first kappa shape index (κ1) is 12.2. The van der Waals surface area contributed by atoms with Crippen molar-refractivity contribution in [1.82, 2.24) is 15.1 Å². The molecule has 0 radical (unpaired) electrons. The molecule has 1 aliphatic rings. The fourth-order valence-corrected chi connectivity index (χ4v) is 3.09. The lowest BCUT2D eigenvalue weighted by Gasteiger charge is -2.25. The van der Waals surface area contributed by atoms with Gasteiger partial charge in [-0.1, -0.05) is 18.2 Å². The Hall–Kier alpha value is -1.88. The van der Waals surface area contributed by atoms with E-state index in [1.165, 1.54) is 0 Å². The Morgan fingerprint density at radius 1 is 1.53 bits per heavy atom. The number of primary amides is 1. The van der Waals surface area contributed by atoms with Gasteiger partial charge in [-0.05, 0) is 32.4 Å². The zero-order valence-corrected chi connectivity index (χ0v) is 11.0. The highest BCUT2D eigenvalue weighted by Crippen LogP contribution is 2.38. The summed E-state index contributed by atoms with van der Waals surface area (Å²) in [5.41, 5.74) is 6.07. The van der Waals surface area contributed by atoms with Gasteiger partial charge in [-0.2, -0.15) is 5.10 Å². The van der Waals surface area contributed by atoms with E-state index in [4.69, 9.17) is 5.73 Å². The van der Waals surface area contributed by atoms with Crippen LogP contribution in [0.1, 0.15) is 25.3 Å². The number of fused-ring (bicyclic) bond motifs is 1. The van der Waals surface area contributed by atoms with Crippen LogP contribution in [-0.4, -0.2) is 28.3 Å². The van der Waals surface area contributed by atoms with Crippen LogP contribution in [0.15, 0.2) is 30.5 Å². The van der Waals surface area contributed by atoms with Crippen molar-refractivity contribution in [2.75, 3.05) is 7.05 Å². The number of benzene rings is 1. The van der Waals surface area contributed by atoms with Gasteiger partial charge in [0.15, 0.2) is 0 Å². The van der Waals surface area contributed by atoms with Gasteiger partial charge in [0.05, 0.1) is 23.3 Å². The molecule has 1 aromatic heterocycles. The topological polar surface area (TPSA) is 72.9 Å². The molecule has 2 atom stereocenters. The molecule has 1 amide bonds. The average Bonchev–Trinajstić information content (AvgIpc) is 3.03. The van der Waals surface area contributed by atoms with Crippen molar-refractivity contribution in [3.8, 4) is 0 Å². The predicted molar refractivity (Wildman–Crippen MR) is 73.6 cm³/mol. The summed E-state index contributed by atoms with van der Waals surface area (Å²) >= 11 is 0. The van der Waals surface area contributed by atoms with Gasteiger partial charge in [0, 0.05) is 5.39 Å². The lowest BCUT2D eigenvalue weighted by Crippen LogP contribution is -2.52. The van der Waals surface area contributed by atoms with E-state index < -0.39 is 5.54 Å². The standard InChI is InChI=1S/C14H18N4O/c1-16-14(13(15)19)7-6-11(8-14)18-12-5-3-2-4-10(12)9-17-18/h2-5,9,11,16H,6-8H2,1H3,(H2,15,19). The molecule has 0 spiro atoms. The van der Waals surface area contributed by atoms with Crippen molar-refractivity contribution in [3.63, 3.8) is 0 Å². The molecule has 1 fully saturated rings. The van der Waals surface area contributed by atoms with Crippen LogP contribution >= 0.6 is 0 Å². The molecule has 100 valence electrons. The third kappa shape index (κ3) is 1.81. The van der Waals surface area contributed by atoms with Gasteiger partial charge in [-0.25, -0.2) is 0 Å². The molecular formula is C14H18N4O. The molecular weight excluding hydrogens is 240 g/mol. The van der Waals surface area contributed by atoms with Gasteiger partial charge in [0.1, 0.15) is 0 Å². The third-order valence-corrected chi connectivity index (χ3v) is 4.29. The van der Waals surface area contributed by atoms with E-state index in [-0.39, 0.29) is 11.9 Å². The summed E-state index contributed by atoms with van der Waals surface area (Å²) in [4.78, 5) is 11.7. The number of carbonyl (C=O) groups excluding carboxylic acids is 1. The molecule has 2 aromatic rings. The smallest absolute Gasteiger partial charge is 0.237 e. The van der Waals surface area contributed by atoms with Crippen molar-refractivity contribution in [1.29, 1.82) is 0 Å². The number of nitrogens with two attached hydrogens (primary N) is 1.